The Morgan fingerprint density at radius 3 is 2.67 bits per heavy atom. The molecule has 0 amide bonds. The van der Waals surface area contributed by atoms with E-state index in [1.807, 2.05) is 0 Å². The molecule has 0 spiro atoms. The second-order valence-corrected chi connectivity index (χ2v) is 3.07. The fourth-order valence-corrected chi connectivity index (χ4v) is 1.42. The Labute approximate surface area is 85.5 Å². The van der Waals surface area contributed by atoms with E-state index in [0.717, 1.165) is 5.39 Å². The van der Waals surface area contributed by atoms with Crippen LogP contribution in [0.4, 0.5) is 8.78 Å². The van der Waals surface area contributed by atoms with Crippen LogP contribution in [0.15, 0.2) is 30.3 Å². The molecule has 1 heterocycles. The largest absolute Gasteiger partial charge is 0.494 e. The van der Waals surface area contributed by atoms with Gasteiger partial charge in [0.15, 0.2) is 0 Å². The number of ether oxygens (including phenoxy) is 1. The minimum Gasteiger partial charge on any atom is -0.494 e. The van der Waals surface area contributed by atoms with Gasteiger partial charge in [-0.25, -0.2) is 13.8 Å². The van der Waals surface area contributed by atoms with Gasteiger partial charge in [0.2, 0.25) is 0 Å². The molecule has 0 aliphatic heterocycles. The Balaban J connectivity index is 2.67. The van der Waals surface area contributed by atoms with Crippen LogP contribution in [-0.4, -0.2) is 12.1 Å². The molecule has 2 rings (SSSR count). The van der Waals surface area contributed by atoms with Crippen molar-refractivity contribution in [2.45, 2.75) is 6.43 Å². The molecule has 4 heteroatoms. The molecule has 0 unspecified atom stereocenters. The Bertz CT molecular complexity index is 485. The molecular weight excluding hydrogens is 200 g/mol. The van der Waals surface area contributed by atoms with E-state index in [2.05, 4.69) is 4.98 Å². The Morgan fingerprint density at radius 1 is 1.20 bits per heavy atom. The summed E-state index contributed by atoms with van der Waals surface area (Å²) in [5.41, 5.74) is 0.241. The van der Waals surface area contributed by atoms with Crippen LogP contribution in [0.1, 0.15) is 12.1 Å². The van der Waals surface area contributed by atoms with Gasteiger partial charge < -0.3 is 4.74 Å². The number of halogens is 2. The topological polar surface area (TPSA) is 22.1 Å². The quantitative estimate of drug-likeness (QED) is 0.757. The average Bonchev–Trinajstić information content (AvgIpc) is 2.27. The minimum absolute atomic E-state index is 0.230. The first kappa shape index (κ1) is 9.83. The van der Waals surface area contributed by atoms with Crippen molar-refractivity contribution in [3.8, 4) is 5.75 Å². The molecule has 15 heavy (non-hydrogen) atoms. The molecule has 0 atom stereocenters. The molecule has 78 valence electrons. The summed E-state index contributed by atoms with van der Waals surface area (Å²) in [6.45, 7) is 0. The van der Waals surface area contributed by atoms with Crippen LogP contribution >= 0.6 is 0 Å². The zero-order valence-electron chi connectivity index (χ0n) is 8.08. The number of rotatable bonds is 2. The van der Waals surface area contributed by atoms with Crippen LogP contribution in [-0.2, 0) is 0 Å². The van der Waals surface area contributed by atoms with Crippen molar-refractivity contribution >= 4 is 10.9 Å². The zero-order valence-corrected chi connectivity index (χ0v) is 8.08. The minimum atomic E-state index is -2.56. The maximum absolute atomic E-state index is 12.4. The lowest BCUT2D eigenvalue weighted by molar-refractivity contribution is 0.146. The Kier molecular flexibility index (Phi) is 2.49. The SMILES string of the molecule is COc1cccc2ccc(C(F)F)nc12. The van der Waals surface area contributed by atoms with Crippen molar-refractivity contribution in [2.75, 3.05) is 7.11 Å². The number of para-hydroxylation sites is 1. The van der Waals surface area contributed by atoms with Crippen molar-refractivity contribution in [3.05, 3.63) is 36.0 Å². The summed E-state index contributed by atoms with van der Waals surface area (Å²) in [7, 11) is 1.49. The number of methoxy groups -OCH3 is 1. The molecule has 1 aromatic heterocycles. The maximum Gasteiger partial charge on any atom is 0.280 e. The number of benzene rings is 1. The first-order valence-corrected chi connectivity index (χ1v) is 4.44. The highest BCUT2D eigenvalue weighted by atomic mass is 19.3. The summed E-state index contributed by atoms with van der Waals surface area (Å²) in [5.74, 6) is 0.509. The number of nitrogens with zero attached hydrogens (tertiary/aromatic N) is 1. The predicted octanol–water partition coefficient (Wildman–Crippen LogP) is 3.18. The molecule has 0 fully saturated rings. The van der Waals surface area contributed by atoms with Gasteiger partial charge in [-0.3, -0.25) is 0 Å². The second-order valence-electron chi connectivity index (χ2n) is 3.07. The summed E-state index contributed by atoms with van der Waals surface area (Å²) in [6.07, 6.45) is -2.56. The molecule has 1 aromatic carbocycles. The number of hydrogen-bond acceptors (Lipinski definition) is 2. The third kappa shape index (κ3) is 1.75. The molecule has 0 bridgehead atoms. The smallest absolute Gasteiger partial charge is 0.280 e. The molecular formula is C11H9F2NO. The molecule has 2 nitrogen and oxygen atoms in total. The van der Waals surface area contributed by atoms with E-state index in [-0.39, 0.29) is 5.69 Å². The van der Waals surface area contributed by atoms with E-state index in [1.165, 1.54) is 13.2 Å². The van der Waals surface area contributed by atoms with Crippen LogP contribution in [0.2, 0.25) is 0 Å². The van der Waals surface area contributed by atoms with Gasteiger partial charge in [-0.1, -0.05) is 18.2 Å². The highest BCUT2D eigenvalue weighted by Gasteiger charge is 2.10. The number of pyridine rings is 1. The van der Waals surface area contributed by atoms with Gasteiger partial charge in [0, 0.05) is 5.39 Å². The normalized spacial score (nSPS) is 10.9. The van der Waals surface area contributed by atoms with E-state index in [9.17, 15) is 8.78 Å². The van der Waals surface area contributed by atoms with Gasteiger partial charge in [-0.05, 0) is 12.1 Å². The van der Waals surface area contributed by atoms with E-state index in [4.69, 9.17) is 4.74 Å². The molecule has 0 saturated heterocycles. The van der Waals surface area contributed by atoms with Crippen LogP contribution in [0.25, 0.3) is 10.9 Å². The van der Waals surface area contributed by atoms with E-state index in [1.54, 1.807) is 24.3 Å². The summed E-state index contributed by atoms with van der Waals surface area (Å²) in [6, 6.07) is 8.24. The summed E-state index contributed by atoms with van der Waals surface area (Å²) >= 11 is 0. The van der Waals surface area contributed by atoms with Gasteiger partial charge in [-0.2, -0.15) is 0 Å². The fourth-order valence-electron chi connectivity index (χ4n) is 1.42. The second kappa shape index (κ2) is 3.81. The first-order valence-electron chi connectivity index (χ1n) is 4.44. The number of fused-ring (bicyclic) bond motifs is 1. The standard InChI is InChI=1S/C11H9F2NO/c1-15-9-4-2-3-7-5-6-8(11(12)13)14-10(7)9/h2-6,11H,1H3. The number of hydrogen-bond donors (Lipinski definition) is 0. The van der Waals surface area contributed by atoms with Crippen LogP contribution in [0.3, 0.4) is 0 Å². The van der Waals surface area contributed by atoms with Crippen molar-refractivity contribution in [1.29, 1.82) is 0 Å². The molecule has 0 radical (unpaired) electrons. The Morgan fingerprint density at radius 2 is 2.00 bits per heavy atom. The molecule has 0 saturated carbocycles. The van der Waals surface area contributed by atoms with Crippen molar-refractivity contribution in [3.63, 3.8) is 0 Å². The van der Waals surface area contributed by atoms with E-state index < -0.39 is 6.43 Å². The lowest BCUT2D eigenvalue weighted by Crippen LogP contribution is -1.93. The van der Waals surface area contributed by atoms with Gasteiger partial charge in [-0.15, -0.1) is 0 Å². The fraction of sp³-hybridized carbons (Fsp3) is 0.182. The van der Waals surface area contributed by atoms with Gasteiger partial charge in [0.05, 0.1) is 7.11 Å². The van der Waals surface area contributed by atoms with Gasteiger partial charge >= 0.3 is 0 Å². The molecule has 0 N–H and O–H groups in total. The van der Waals surface area contributed by atoms with Crippen LogP contribution in [0.5, 0.6) is 5.75 Å². The summed E-state index contributed by atoms with van der Waals surface area (Å²) in [5, 5.41) is 0.791. The molecule has 2 aromatic rings. The van der Waals surface area contributed by atoms with Crippen molar-refractivity contribution in [1.82, 2.24) is 4.98 Å². The maximum atomic E-state index is 12.4. The molecule has 0 aliphatic carbocycles. The van der Waals surface area contributed by atoms with Crippen LogP contribution < -0.4 is 4.74 Å². The highest BCUT2D eigenvalue weighted by Crippen LogP contribution is 2.26. The predicted molar refractivity (Wildman–Crippen MR) is 53.3 cm³/mol. The lowest BCUT2D eigenvalue weighted by atomic mass is 10.2. The van der Waals surface area contributed by atoms with Crippen molar-refractivity contribution in [2.24, 2.45) is 0 Å². The molecule has 0 aliphatic rings. The zero-order chi connectivity index (χ0) is 10.8. The first-order chi connectivity index (χ1) is 7.22. The van der Waals surface area contributed by atoms with E-state index >= 15 is 0 Å². The monoisotopic (exact) mass is 209 g/mol. The highest BCUT2D eigenvalue weighted by molar-refractivity contribution is 5.84. The van der Waals surface area contributed by atoms with E-state index in [0.29, 0.717) is 11.3 Å². The number of aromatic nitrogens is 1. The van der Waals surface area contributed by atoms with Crippen molar-refractivity contribution < 1.29 is 13.5 Å². The summed E-state index contributed by atoms with van der Waals surface area (Å²) < 4.78 is 29.9. The third-order valence-corrected chi connectivity index (χ3v) is 2.15. The van der Waals surface area contributed by atoms with Gasteiger partial charge in [0.25, 0.3) is 6.43 Å². The third-order valence-electron chi connectivity index (χ3n) is 2.15. The van der Waals surface area contributed by atoms with Crippen LogP contribution in [0, 0.1) is 0 Å². The lowest BCUT2D eigenvalue weighted by Gasteiger charge is -2.05. The number of alkyl halides is 2. The van der Waals surface area contributed by atoms with Gasteiger partial charge in [0.1, 0.15) is 17.0 Å². The average molecular weight is 209 g/mol. The Hall–Kier alpha value is -1.71. The summed E-state index contributed by atoms with van der Waals surface area (Å²) in [4.78, 5) is 3.87.